The summed E-state index contributed by atoms with van der Waals surface area (Å²) in [7, 11) is 0. The number of aryl methyl sites for hydroxylation is 1. The largest absolute Gasteiger partial charge is 0.235 e. The van der Waals surface area contributed by atoms with E-state index in [2.05, 4.69) is 32.9 Å². The molecule has 0 aliphatic carbocycles. The van der Waals surface area contributed by atoms with Crippen LogP contribution >= 0.6 is 27.5 Å². The number of hydrogen-bond acceptors (Lipinski definition) is 2. The molecule has 2 rings (SSSR count). The molecular weight excluding hydrogens is 302 g/mol. The van der Waals surface area contributed by atoms with Crippen molar-refractivity contribution in [2.75, 3.05) is 0 Å². The van der Waals surface area contributed by atoms with Crippen LogP contribution in [0.25, 0.3) is 5.82 Å². The van der Waals surface area contributed by atoms with Gasteiger partial charge in [0.15, 0.2) is 5.82 Å². The minimum absolute atomic E-state index is 0.590. The molecule has 0 aromatic carbocycles. The van der Waals surface area contributed by atoms with Crippen LogP contribution in [0.3, 0.4) is 0 Å². The highest BCUT2D eigenvalue weighted by atomic mass is 79.9. The second kappa shape index (κ2) is 4.78. The fourth-order valence-electron chi connectivity index (χ4n) is 1.96. The van der Waals surface area contributed by atoms with Gasteiger partial charge in [-0.2, -0.15) is 5.10 Å². The molecule has 3 nitrogen and oxygen atoms in total. The van der Waals surface area contributed by atoms with Gasteiger partial charge in [-0.05, 0) is 47.8 Å². The van der Waals surface area contributed by atoms with E-state index >= 15 is 0 Å². The molecule has 0 saturated carbocycles. The highest BCUT2D eigenvalue weighted by molar-refractivity contribution is 9.10. The summed E-state index contributed by atoms with van der Waals surface area (Å²) >= 11 is 9.53. The summed E-state index contributed by atoms with van der Waals surface area (Å²) in [6.45, 7) is 6.17. The van der Waals surface area contributed by atoms with Gasteiger partial charge in [-0.15, -0.1) is 0 Å². The van der Waals surface area contributed by atoms with Gasteiger partial charge in [0.25, 0.3) is 0 Å². The van der Waals surface area contributed by atoms with E-state index in [4.69, 9.17) is 11.6 Å². The number of halogens is 2. The Labute approximate surface area is 114 Å². The summed E-state index contributed by atoms with van der Waals surface area (Å²) in [5, 5.41) is 5.09. The third-order valence-electron chi connectivity index (χ3n) is 2.78. The van der Waals surface area contributed by atoms with Gasteiger partial charge < -0.3 is 0 Å². The molecule has 17 heavy (non-hydrogen) atoms. The third kappa shape index (κ3) is 2.24. The summed E-state index contributed by atoms with van der Waals surface area (Å²) in [6, 6.07) is 1.83. The van der Waals surface area contributed by atoms with Crippen molar-refractivity contribution in [1.82, 2.24) is 14.8 Å². The summed E-state index contributed by atoms with van der Waals surface area (Å²) in [6.07, 6.45) is 2.69. The molecule has 0 unspecified atom stereocenters. The fraction of sp³-hybridized carbons (Fsp3) is 0.333. The number of pyridine rings is 1. The van der Waals surface area contributed by atoms with E-state index in [1.54, 1.807) is 6.20 Å². The lowest BCUT2D eigenvalue weighted by atomic mass is 10.1. The third-order valence-corrected chi connectivity index (χ3v) is 3.50. The molecule has 0 aliphatic heterocycles. The van der Waals surface area contributed by atoms with Crippen molar-refractivity contribution < 1.29 is 0 Å². The van der Waals surface area contributed by atoms with Crippen LogP contribution in [0.4, 0.5) is 0 Å². The molecule has 2 heterocycles. The van der Waals surface area contributed by atoms with Gasteiger partial charge in [-0.3, -0.25) is 0 Å². The lowest BCUT2D eigenvalue weighted by Gasteiger charge is -2.06. The van der Waals surface area contributed by atoms with Crippen molar-refractivity contribution in [2.45, 2.75) is 27.2 Å². The van der Waals surface area contributed by atoms with E-state index in [1.807, 2.05) is 24.6 Å². The van der Waals surface area contributed by atoms with Crippen LogP contribution in [0.1, 0.15) is 23.9 Å². The number of nitrogens with zero attached hydrogens (tertiary/aromatic N) is 3. The fourth-order valence-corrected chi connectivity index (χ4v) is 2.67. The van der Waals surface area contributed by atoms with Gasteiger partial charge >= 0.3 is 0 Å². The Bertz CT molecular complexity index is 563. The maximum Gasteiger partial charge on any atom is 0.172 e. The van der Waals surface area contributed by atoms with Gasteiger partial charge in [-0.25, -0.2) is 9.67 Å². The van der Waals surface area contributed by atoms with Gasteiger partial charge in [0, 0.05) is 16.4 Å². The predicted molar refractivity (Wildman–Crippen MR) is 72.9 cm³/mol. The Hall–Kier alpha value is -0.870. The molecular formula is C12H13BrClN3. The van der Waals surface area contributed by atoms with Crippen molar-refractivity contribution in [1.29, 1.82) is 0 Å². The SMILES string of the molecule is CCc1c(C)nn(-c2ncc(Br)cc2Cl)c1C. The first-order chi connectivity index (χ1) is 8.04. The first kappa shape index (κ1) is 12.6. The average molecular weight is 315 g/mol. The zero-order chi connectivity index (χ0) is 12.6. The summed E-state index contributed by atoms with van der Waals surface area (Å²) < 4.78 is 2.67. The predicted octanol–water partition coefficient (Wildman–Crippen LogP) is 3.86. The van der Waals surface area contributed by atoms with Crippen molar-refractivity contribution >= 4 is 27.5 Å². The number of aromatic nitrogens is 3. The van der Waals surface area contributed by atoms with Crippen LogP contribution in [0.2, 0.25) is 5.02 Å². The molecule has 90 valence electrons. The lowest BCUT2D eigenvalue weighted by Crippen LogP contribution is -2.03. The van der Waals surface area contributed by atoms with Crippen LogP contribution in [-0.4, -0.2) is 14.8 Å². The zero-order valence-electron chi connectivity index (χ0n) is 9.96. The summed E-state index contributed by atoms with van der Waals surface area (Å²) in [4.78, 5) is 4.32. The van der Waals surface area contributed by atoms with Crippen LogP contribution in [0.5, 0.6) is 0 Å². The van der Waals surface area contributed by atoms with E-state index in [0.29, 0.717) is 10.8 Å². The Balaban J connectivity index is 2.61. The molecule has 0 spiro atoms. The lowest BCUT2D eigenvalue weighted by molar-refractivity contribution is 0.804. The molecule has 0 atom stereocenters. The molecule has 0 N–H and O–H groups in total. The standard InChI is InChI=1S/C12H13BrClN3/c1-4-10-7(2)16-17(8(10)3)12-11(14)5-9(13)6-15-12/h5-6H,4H2,1-3H3. The molecule has 2 aromatic heterocycles. The van der Waals surface area contributed by atoms with E-state index in [1.165, 1.54) is 5.56 Å². The maximum absolute atomic E-state index is 6.19. The Morgan fingerprint density at radius 3 is 2.65 bits per heavy atom. The van der Waals surface area contributed by atoms with Crippen LogP contribution < -0.4 is 0 Å². The monoisotopic (exact) mass is 313 g/mol. The molecule has 0 fully saturated rings. The first-order valence-electron chi connectivity index (χ1n) is 5.41. The average Bonchev–Trinajstić information content (AvgIpc) is 2.54. The molecule has 0 amide bonds. The maximum atomic E-state index is 6.19. The quantitative estimate of drug-likeness (QED) is 0.842. The van der Waals surface area contributed by atoms with Gasteiger partial charge in [0.05, 0.1) is 10.7 Å². The highest BCUT2D eigenvalue weighted by Crippen LogP contribution is 2.24. The summed E-state index contributed by atoms with van der Waals surface area (Å²) in [5.74, 6) is 0.676. The zero-order valence-corrected chi connectivity index (χ0v) is 12.3. The minimum atomic E-state index is 0.590. The smallest absolute Gasteiger partial charge is 0.172 e. The molecule has 0 radical (unpaired) electrons. The van der Waals surface area contributed by atoms with E-state index in [-0.39, 0.29) is 0 Å². The van der Waals surface area contributed by atoms with Crippen molar-refractivity contribution in [3.63, 3.8) is 0 Å². The molecule has 5 heteroatoms. The highest BCUT2D eigenvalue weighted by Gasteiger charge is 2.14. The van der Waals surface area contributed by atoms with Gasteiger partial charge in [0.2, 0.25) is 0 Å². The second-order valence-corrected chi connectivity index (χ2v) is 5.20. The Morgan fingerprint density at radius 1 is 1.41 bits per heavy atom. The first-order valence-corrected chi connectivity index (χ1v) is 6.58. The Morgan fingerprint density at radius 2 is 2.12 bits per heavy atom. The van der Waals surface area contributed by atoms with Crippen LogP contribution in [0, 0.1) is 13.8 Å². The van der Waals surface area contributed by atoms with E-state index in [0.717, 1.165) is 22.3 Å². The number of rotatable bonds is 2. The molecule has 0 saturated heterocycles. The van der Waals surface area contributed by atoms with Gasteiger partial charge in [0.1, 0.15) is 0 Å². The van der Waals surface area contributed by atoms with Crippen LogP contribution in [-0.2, 0) is 6.42 Å². The normalized spacial score (nSPS) is 10.9. The van der Waals surface area contributed by atoms with Crippen molar-refractivity contribution in [3.8, 4) is 5.82 Å². The van der Waals surface area contributed by atoms with E-state index in [9.17, 15) is 0 Å². The van der Waals surface area contributed by atoms with Crippen molar-refractivity contribution in [3.05, 3.63) is 38.7 Å². The molecule has 0 bridgehead atoms. The second-order valence-electron chi connectivity index (χ2n) is 3.87. The topological polar surface area (TPSA) is 30.7 Å². The number of hydrogen-bond donors (Lipinski definition) is 0. The van der Waals surface area contributed by atoms with Gasteiger partial charge in [-0.1, -0.05) is 18.5 Å². The molecule has 0 aliphatic rings. The van der Waals surface area contributed by atoms with Crippen molar-refractivity contribution in [2.24, 2.45) is 0 Å². The minimum Gasteiger partial charge on any atom is -0.235 e. The molecule has 2 aromatic rings. The van der Waals surface area contributed by atoms with E-state index < -0.39 is 0 Å². The Kier molecular flexibility index (Phi) is 3.54. The van der Waals surface area contributed by atoms with Crippen LogP contribution in [0.15, 0.2) is 16.7 Å². The summed E-state index contributed by atoms with van der Waals surface area (Å²) in [5.41, 5.74) is 3.39.